The van der Waals surface area contributed by atoms with E-state index in [2.05, 4.69) is 15.3 Å². The van der Waals surface area contributed by atoms with E-state index in [1.54, 1.807) is 12.1 Å². The summed E-state index contributed by atoms with van der Waals surface area (Å²) in [5.41, 5.74) is 3.49. The topological polar surface area (TPSA) is 59.4 Å². The van der Waals surface area contributed by atoms with Crippen LogP contribution in [0.25, 0.3) is 5.69 Å². The van der Waals surface area contributed by atoms with Crippen LogP contribution < -0.4 is 5.32 Å². The summed E-state index contributed by atoms with van der Waals surface area (Å²) in [6, 6.07) is 6.32. The smallest absolute Gasteiger partial charge is 0.272 e. The first kappa shape index (κ1) is 20.6. The van der Waals surface area contributed by atoms with E-state index in [9.17, 15) is 9.18 Å². The van der Waals surface area contributed by atoms with Gasteiger partial charge >= 0.3 is 0 Å². The highest BCUT2D eigenvalue weighted by atomic mass is 19.1. The van der Waals surface area contributed by atoms with E-state index in [1.807, 2.05) is 4.68 Å². The molecular weight excluding hydrogens is 395 g/mol. The van der Waals surface area contributed by atoms with Crippen molar-refractivity contribution < 1.29 is 13.9 Å². The van der Waals surface area contributed by atoms with Gasteiger partial charge in [0.1, 0.15) is 5.82 Å². The monoisotopic (exact) mass is 426 g/mol. The zero-order chi connectivity index (χ0) is 21.3. The highest BCUT2D eigenvalue weighted by Crippen LogP contribution is 2.34. The van der Waals surface area contributed by atoms with Crippen LogP contribution in [0.5, 0.6) is 0 Å². The summed E-state index contributed by atoms with van der Waals surface area (Å²) in [5, 5.41) is 7.93. The average molecular weight is 427 g/mol. The normalized spacial score (nSPS) is 21.1. The summed E-state index contributed by atoms with van der Waals surface area (Å²) in [5.74, 6) is -0.358. The summed E-state index contributed by atoms with van der Waals surface area (Å²) >= 11 is 0. The average Bonchev–Trinajstić information content (AvgIpc) is 3.42. The van der Waals surface area contributed by atoms with Crippen molar-refractivity contribution in [3.8, 4) is 5.69 Å². The molecule has 1 amide bonds. The van der Waals surface area contributed by atoms with E-state index in [-0.39, 0.29) is 17.3 Å². The summed E-state index contributed by atoms with van der Waals surface area (Å²) in [7, 11) is 0. The zero-order valence-corrected chi connectivity index (χ0v) is 18.0. The predicted octanol–water partition coefficient (Wildman–Crippen LogP) is 3.27. The molecule has 1 N–H and O–H groups in total. The Bertz CT molecular complexity index is 928. The number of amides is 1. The second-order valence-electron chi connectivity index (χ2n) is 9.08. The molecule has 0 radical (unpaired) electrons. The first-order chi connectivity index (χ1) is 15.2. The molecule has 166 valence electrons. The molecule has 1 saturated carbocycles. The molecule has 2 heterocycles. The van der Waals surface area contributed by atoms with Crippen LogP contribution in [0, 0.1) is 5.82 Å². The summed E-state index contributed by atoms with van der Waals surface area (Å²) in [6.07, 6.45) is 8.72. The summed E-state index contributed by atoms with van der Waals surface area (Å²) < 4.78 is 20.8. The van der Waals surface area contributed by atoms with Gasteiger partial charge in [0.25, 0.3) is 5.91 Å². The quantitative estimate of drug-likeness (QED) is 0.797. The van der Waals surface area contributed by atoms with Gasteiger partial charge in [-0.3, -0.25) is 9.69 Å². The Balaban J connectivity index is 1.36. The van der Waals surface area contributed by atoms with Crippen LogP contribution >= 0.6 is 0 Å². The van der Waals surface area contributed by atoms with E-state index < -0.39 is 0 Å². The fraction of sp³-hybridized carbons (Fsp3) is 0.583. The van der Waals surface area contributed by atoms with E-state index in [1.165, 1.54) is 31.4 Å². The minimum atomic E-state index is -0.272. The van der Waals surface area contributed by atoms with Crippen molar-refractivity contribution in [2.45, 2.75) is 56.9 Å². The molecule has 3 aliphatic rings. The second-order valence-corrected chi connectivity index (χ2v) is 9.08. The van der Waals surface area contributed by atoms with Gasteiger partial charge in [-0.05, 0) is 56.4 Å². The summed E-state index contributed by atoms with van der Waals surface area (Å²) in [6.45, 7) is 4.06. The van der Waals surface area contributed by atoms with Crippen LogP contribution in [0.15, 0.2) is 24.3 Å². The molecule has 2 fully saturated rings. The molecule has 0 atom stereocenters. The number of fused-ring (bicyclic) bond motifs is 1. The highest BCUT2D eigenvalue weighted by molar-refractivity contribution is 5.94. The first-order valence-electron chi connectivity index (χ1n) is 11.6. The van der Waals surface area contributed by atoms with Crippen LogP contribution in [-0.4, -0.2) is 59.0 Å². The number of nitrogens with zero attached hydrogens (tertiary/aromatic N) is 3. The number of aromatic nitrogens is 2. The number of hydrogen-bond donors (Lipinski definition) is 1. The SMILES string of the molecule is O=C(NCC1(N2CCOCC2)CCCCC1)c1nn(-c2ccc(F)cc2)c2c1CCC2. The van der Waals surface area contributed by atoms with Crippen LogP contribution in [0.2, 0.25) is 0 Å². The maximum atomic E-state index is 13.4. The first-order valence-corrected chi connectivity index (χ1v) is 11.6. The van der Waals surface area contributed by atoms with Gasteiger partial charge in [0.15, 0.2) is 5.69 Å². The van der Waals surface area contributed by atoms with Gasteiger partial charge in [0.2, 0.25) is 0 Å². The number of nitrogens with one attached hydrogen (secondary N) is 1. The minimum Gasteiger partial charge on any atom is -0.379 e. The maximum absolute atomic E-state index is 13.4. The Labute approximate surface area is 182 Å². The Morgan fingerprint density at radius 2 is 1.81 bits per heavy atom. The molecule has 7 heteroatoms. The number of rotatable bonds is 5. The van der Waals surface area contributed by atoms with Gasteiger partial charge in [0.05, 0.1) is 18.9 Å². The van der Waals surface area contributed by atoms with Gasteiger partial charge in [-0.15, -0.1) is 0 Å². The molecule has 2 aromatic rings. The van der Waals surface area contributed by atoms with Crippen molar-refractivity contribution in [3.63, 3.8) is 0 Å². The van der Waals surface area contributed by atoms with Crippen molar-refractivity contribution >= 4 is 5.91 Å². The standard InChI is InChI=1S/C24H31FN4O2/c25-18-7-9-19(10-8-18)29-21-6-4-5-20(21)22(27-29)23(30)26-17-24(11-2-1-3-12-24)28-13-15-31-16-14-28/h7-10H,1-6,11-17H2,(H,26,30). The van der Waals surface area contributed by atoms with E-state index in [0.29, 0.717) is 12.2 Å². The third kappa shape index (κ3) is 4.01. The van der Waals surface area contributed by atoms with Crippen LogP contribution in [-0.2, 0) is 17.6 Å². The summed E-state index contributed by atoms with van der Waals surface area (Å²) in [4.78, 5) is 15.8. The lowest BCUT2D eigenvalue weighted by molar-refractivity contribution is -0.0361. The number of morpholine rings is 1. The Morgan fingerprint density at radius 1 is 1.06 bits per heavy atom. The molecule has 1 aliphatic heterocycles. The lowest BCUT2D eigenvalue weighted by Crippen LogP contribution is -2.59. The van der Waals surface area contributed by atoms with E-state index in [4.69, 9.17) is 4.74 Å². The molecule has 1 aromatic heterocycles. The molecule has 0 unspecified atom stereocenters. The van der Waals surface area contributed by atoms with Gasteiger partial charge in [-0.1, -0.05) is 19.3 Å². The Kier molecular flexibility index (Phi) is 5.80. The van der Waals surface area contributed by atoms with Crippen molar-refractivity contribution in [1.82, 2.24) is 20.0 Å². The molecule has 31 heavy (non-hydrogen) atoms. The zero-order valence-electron chi connectivity index (χ0n) is 18.0. The number of ether oxygens (including phenoxy) is 1. The third-order valence-corrected chi connectivity index (χ3v) is 7.26. The van der Waals surface area contributed by atoms with Gasteiger partial charge in [0, 0.05) is 36.4 Å². The van der Waals surface area contributed by atoms with Crippen molar-refractivity contribution in [2.75, 3.05) is 32.8 Å². The molecule has 1 saturated heterocycles. The fourth-order valence-electron chi connectivity index (χ4n) is 5.60. The highest BCUT2D eigenvalue weighted by Gasteiger charge is 2.39. The van der Waals surface area contributed by atoms with Gasteiger partial charge in [-0.25, -0.2) is 9.07 Å². The predicted molar refractivity (Wildman–Crippen MR) is 116 cm³/mol. The van der Waals surface area contributed by atoms with Crippen molar-refractivity contribution in [2.24, 2.45) is 0 Å². The van der Waals surface area contributed by atoms with Crippen LogP contribution in [0.1, 0.15) is 60.3 Å². The Hall–Kier alpha value is -2.25. The lowest BCUT2D eigenvalue weighted by atomic mass is 9.79. The van der Waals surface area contributed by atoms with Gasteiger partial charge < -0.3 is 10.1 Å². The van der Waals surface area contributed by atoms with Crippen molar-refractivity contribution in [1.29, 1.82) is 0 Å². The molecule has 6 nitrogen and oxygen atoms in total. The minimum absolute atomic E-state index is 0.0282. The fourth-order valence-corrected chi connectivity index (χ4v) is 5.60. The molecule has 5 rings (SSSR count). The molecule has 0 bridgehead atoms. The molecule has 0 spiro atoms. The number of hydrogen-bond acceptors (Lipinski definition) is 4. The maximum Gasteiger partial charge on any atom is 0.272 e. The van der Waals surface area contributed by atoms with E-state index >= 15 is 0 Å². The second kappa shape index (κ2) is 8.71. The Morgan fingerprint density at radius 3 is 2.55 bits per heavy atom. The molecule has 2 aliphatic carbocycles. The van der Waals surface area contributed by atoms with E-state index in [0.717, 1.165) is 75.4 Å². The van der Waals surface area contributed by atoms with Crippen LogP contribution in [0.3, 0.4) is 0 Å². The van der Waals surface area contributed by atoms with Crippen molar-refractivity contribution in [3.05, 3.63) is 47.0 Å². The lowest BCUT2D eigenvalue weighted by Gasteiger charge is -2.48. The number of halogens is 1. The van der Waals surface area contributed by atoms with Crippen LogP contribution in [0.4, 0.5) is 4.39 Å². The van der Waals surface area contributed by atoms with Gasteiger partial charge in [-0.2, -0.15) is 5.10 Å². The largest absolute Gasteiger partial charge is 0.379 e. The third-order valence-electron chi connectivity index (χ3n) is 7.26. The number of benzene rings is 1. The molecule has 1 aromatic carbocycles. The number of carbonyl (C=O) groups is 1. The molecular formula is C24H31FN4O2. The number of carbonyl (C=O) groups excluding carboxylic acids is 1.